The van der Waals surface area contributed by atoms with Gasteiger partial charge in [-0.3, -0.25) is 9.69 Å². The Labute approximate surface area is 226 Å². The fraction of sp³-hybridized carbons (Fsp3) is 0.419. The fourth-order valence-electron chi connectivity index (χ4n) is 5.62. The molecule has 0 bridgehead atoms. The van der Waals surface area contributed by atoms with Crippen LogP contribution < -0.4 is 9.80 Å². The first kappa shape index (κ1) is 25.9. The molecule has 7 nitrogen and oxygen atoms in total. The highest BCUT2D eigenvalue weighted by atomic mass is 16.2. The highest BCUT2D eigenvalue weighted by Crippen LogP contribution is 2.24. The lowest BCUT2D eigenvalue weighted by Crippen LogP contribution is -2.49. The average molecular weight is 511 g/mol. The third kappa shape index (κ3) is 5.41. The lowest BCUT2D eigenvalue weighted by molar-refractivity contribution is 0.0745. The van der Waals surface area contributed by atoms with Crippen molar-refractivity contribution in [1.82, 2.24) is 19.4 Å². The molecule has 0 atom stereocenters. The van der Waals surface area contributed by atoms with E-state index in [1.807, 2.05) is 35.8 Å². The second-order valence-electron chi connectivity index (χ2n) is 10.4. The molecule has 38 heavy (non-hydrogen) atoms. The van der Waals surface area contributed by atoms with Gasteiger partial charge in [-0.05, 0) is 55.7 Å². The summed E-state index contributed by atoms with van der Waals surface area (Å²) < 4.78 is 2.03. The minimum absolute atomic E-state index is 0.140. The number of carbonyl (C=O) groups excluding carboxylic acids is 1. The molecule has 7 heteroatoms. The van der Waals surface area contributed by atoms with Gasteiger partial charge in [0.1, 0.15) is 0 Å². The van der Waals surface area contributed by atoms with Gasteiger partial charge in [0, 0.05) is 89.5 Å². The van der Waals surface area contributed by atoms with Gasteiger partial charge in [0.2, 0.25) is 5.95 Å². The molecule has 198 valence electrons. The Balaban J connectivity index is 1.22. The zero-order chi connectivity index (χ0) is 26.6. The Morgan fingerprint density at radius 2 is 1.63 bits per heavy atom. The molecule has 2 aliphatic rings. The largest absolute Gasteiger partial charge is 0.368 e. The molecule has 1 aromatic heterocycles. The number of anilines is 2. The lowest BCUT2D eigenvalue weighted by atomic mass is 9.98. The van der Waals surface area contributed by atoms with E-state index in [4.69, 9.17) is 0 Å². The maximum atomic E-state index is 13.6. The van der Waals surface area contributed by atoms with E-state index in [1.165, 1.54) is 16.8 Å². The number of hydrogen-bond donors (Lipinski definition) is 0. The van der Waals surface area contributed by atoms with Crippen LogP contribution in [0.25, 0.3) is 0 Å². The van der Waals surface area contributed by atoms with Gasteiger partial charge < -0.3 is 19.3 Å². The van der Waals surface area contributed by atoms with Gasteiger partial charge in [-0.2, -0.15) is 0 Å². The van der Waals surface area contributed by atoms with Crippen LogP contribution in [0.5, 0.6) is 0 Å². The number of hydrogen-bond acceptors (Lipinski definition) is 5. The van der Waals surface area contributed by atoms with Crippen molar-refractivity contribution in [1.29, 1.82) is 0 Å². The van der Waals surface area contributed by atoms with E-state index in [1.54, 1.807) is 0 Å². The fourth-order valence-corrected chi connectivity index (χ4v) is 5.62. The van der Waals surface area contributed by atoms with Gasteiger partial charge in [-0.15, -0.1) is 5.92 Å². The zero-order valence-electron chi connectivity index (χ0n) is 23.1. The van der Waals surface area contributed by atoms with Gasteiger partial charge in [0.25, 0.3) is 5.91 Å². The molecule has 2 fully saturated rings. The Hall–Kier alpha value is -3.76. The van der Waals surface area contributed by atoms with Crippen LogP contribution in [0, 0.1) is 25.7 Å². The Bertz CT molecular complexity index is 1350. The maximum absolute atomic E-state index is 13.6. The minimum Gasteiger partial charge on any atom is -0.368 e. The first-order chi connectivity index (χ1) is 18.4. The molecule has 3 aromatic rings. The lowest BCUT2D eigenvalue weighted by Gasteiger charge is -2.37. The van der Waals surface area contributed by atoms with Gasteiger partial charge in [-0.1, -0.05) is 24.1 Å². The summed E-state index contributed by atoms with van der Waals surface area (Å²) in [6.45, 7) is 13.9. The molecule has 0 unspecified atom stereocenters. The Kier molecular flexibility index (Phi) is 7.71. The van der Waals surface area contributed by atoms with Crippen LogP contribution >= 0.6 is 0 Å². The first-order valence-corrected chi connectivity index (χ1v) is 13.6. The molecule has 5 rings (SSSR count). The zero-order valence-corrected chi connectivity index (χ0v) is 23.1. The third-order valence-corrected chi connectivity index (χ3v) is 7.83. The van der Waals surface area contributed by atoms with E-state index in [2.05, 4.69) is 81.8 Å². The molecular weight excluding hydrogens is 472 g/mol. The van der Waals surface area contributed by atoms with Crippen molar-refractivity contribution in [3.05, 3.63) is 76.6 Å². The highest BCUT2D eigenvalue weighted by molar-refractivity contribution is 5.96. The summed E-state index contributed by atoms with van der Waals surface area (Å²) in [5.74, 6) is 7.39. The molecule has 0 aliphatic carbocycles. The topological polar surface area (TPSA) is 47.9 Å². The van der Waals surface area contributed by atoms with Crippen molar-refractivity contribution in [2.24, 2.45) is 7.05 Å². The van der Waals surface area contributed by atoms with Crippen molar-refractivity contribution in [3.8, 4) is 11.8 Å². The van der Waals surface area contributed by atoms with Crippen molar-refractivity contribution >= 4 is 17.5 Å². The molecule has 2 saturated heterocycles. The number of piperazine rings is 2. The summed E-state index contributed by atoms with van der Waals surface area (Å²) in [5.41, 5.74) is 6.72. The van der Waals surface area contributed by atoms with Crippen molar-refractivity contribution in [2.75, 3.05) is 62.2 Å². The number of aromatic nitrogens is 2. The SMILES string of the molecule is CC#Cc1ccccc1N1CCN(Cc2cc(C(=O)N3CCN(c4nccn4C)CC3)c(C)cc2C)CC1. The molecule has 0 radical (unpaired) electrons. The van der Waals surface area contributed by atoms with Crippen LogP contribution in [0.2, 0.25) is 0 Å². The smallest absolute Gasteiger partial charge is 0.254 e. The number of nitrogens with zero attached hydrogens (tertiary/aromatic N) is 6. The second-order valence-corrected chi connectivity index (χ2v) is 10.4. The Morgan fingerprint density at radius 3 is 2.32 bits per heavy atom. The van der Waals surface area contributed by atoms with Crippen LogP contribution in [0.4, 0.5) is 11.6 Å². The van der Waals surface area contributed by atoms with Gasteiger partial charge in [0.15, 0.2) is 0 Å². The van der Waals surface area contributed by atoms with Gasteiger partial charge >= 0.3 is 0 Å². The average Bonchev–Trinajstić information content (AvgIpc) is 3.36. The number of aryl methyl sites for hydroxylation is 3. The summed E-state index contributed by atoms with van der Waals surface area (Å²) >= 11 is 0. The summed E-state index contributed by atoms with van der Waals surface area (Å²) in [7, 11) is 2.01. The monoisotopic (exact) mass is 510 g/mol. The van der Waals surface area contributed by atoms with E-state index < -0.39 is 0 Å². The quantitative estimate of drug-likeness (QED) is 0.490. The summed E-state index contributed by atoms with van der Waals surface area (Å²) in [6.07, 6.45) is 3.79. The van der Waals surface area contributed by atoms with Crippen molar-refractivity contribution in [2.45, 2.75) is 27.3 Å². The van der Waals surface area contributed by atoms with Crippen LogP contribution in [0.3, 0.4) is 0 Å². The molecule has 0 N–H and O–H groups in total. The van der Waals surface area contributed by atoms with E-state index in [-0.39, 0.29) is 5.91 Å². The van der Waals surface area contributed by atoms with E-state index in [9.17, 15) is 4.79 Å². The molecule has 1 amide bonds. The van der Waals surface area contributed by atoms with Crippen LogP contribution in [-0.4, -0.2) is 77.6 Å². The second kappa shape index (κ2) is 11.3. The van der Waals surface area contributed by atoms with E-state index in [0.29, 0.717) is 13.1 Å². The highest BCUT2D eigenvalue weighted by Gasteiger charge is 2.26. The maximum Gasteiger partial charge on any atom is 0.254 e. The standard InChI is InChI=1S/C31H38N6O/c1-5-8-26-9-6-7-10-29(26)35-15-13-34(14-16-35)23-27-22-28(25(3)21-24(27)2)30(38)36-17-19-37(20-18-36)31-32-11-12-33(31)4/h6-7,9-12,21-22H,13-20,23H2,1-4H3. The molecular formula is C31H38N6O. The van der Waals surface area contributed by atoms with Crippen LogP contribution in [0.15, 0.2) is 48.8 Å². The molecule has 3 heterocycles. The molecule has 0 spiro atoms. The van der Waals surface area contributed by atoms with Crippen LogP contribution in [0.1, 0.15) is 39.5 Å². The van der Waals surface area contributed by atoms with E-state index in [0.717, 1.165) is 68.5 Å². The number of rotatable bonds is 5. The predicted octanol–water partition coefficient (Wildman–Crippen LogP) is 3.69. The number of carbonyl (C=O) groups is 1. The van der Waals surface area contributed by atoms with Crippen molar-refractivity contribution < 1.29 is 4.79 Å². The molecule has 2 aromatic carbocycles. The van der Waals surface area contributed by atoms with Gasteiger partial charge in [0.05, 0.1) is 5.69 Å². The normalized spacial score (nSPS) is 16.4. The molecule has 0 saturated carbocycles. The number of para-hydroxylation sites is 1. The van der Waals surface area contributed by atoms with E-state index >= 15 is 0 Å². The first-order valence-electron chi connectivity index (χ1n) is 13.6. The van der Waals surface area contributed by atoms with Crippen LogP contribution in [-0.2, 0) is 13.6 Å². The Morgan fingerprint density at radius 1 is 0.921 bits per heavy atom. The molecule has 2 aliphatic heterocycles. The predicted molar refractivity (Wildman–Crippen MR) is 154 cm³/mol. The third-order valence-electron chi connectivity index (χ3n) is 7.83. The minimum atomic E-state index is 0.140. The number of amides is 1. The van der Waals surface area contributed by atoms with Gasteiger partial charge in [-0.25, -0.2) is 4.98 Å². The number of benzene rings is 2. The summed E-state index contributed by atoms with van der Waals surface area (Å²) in [6, 6.07) is 12.8. The number of imidazole rings is 1. The summed E-state index contributed by atoms with van der Waals surface area (Å²) in [4.78, 5) is 27.2. The van der Waals surface area contributed by atoms with Crippen molar-refractivity contribution in [3.63, 3.8) is 0 Å². The summed E-state index contributed by atoms with van der Waals surface area (Å²) in [5, 5.41) is 0.